The number of aromatic nitrogens is 1. The molecule has 1 heterocycles. The van der Waals surface area contributed by atoms with Gasteiger partial charge in [0.15, 0.2) is 0 Å². The minimum atomic E-state index is 0.588. The van der Waals surface area contributed by atoms with Crippen molar-refractivity contribution in [3.05, 3.63) is 18.3 Å². The Bertz CT molecular complexity index is 323. The quantitative estimate of drug-likeness (QED) is 0.746. The number of fused-ring (bicyclic) bond motifs is 1. The third-order valence-corrected chi connectivity index (χ3v) is 3.40. The van der Waals surface area contributed by atoms with Crippen molar-refractivity contribution >= 4 is 11.5 Å². The van der Waals surface area contributed by atoms with Gasteiger partial charge >= 0.3 is 0 Å². The van der Waals surface area contributed by atoms with E-state index < -0.39 is 0 Å². The highest BCUT2D eigenvalue weighted by Crippen LogP contribution is 2.52. The molecule has 14 heavy (non-hydrogen) atoms. The summed E-state index contributed by atoms with van der Waals surface area (Å²) in [5, 5.41) is 3.51. The fraction of sp³-hybridized carbons (Fsp3) is 0.545. The van der Waals surface area contributed by atoms with Crippen LogP contribution in [0.1, 0.15) is 19.3 Å². The Hall–Kier alpha value is -1.25. The summed E-state index contributed by atoms with van der Waals surface area (Å²) >= 11 is 0. The number of hydrogen-bond donors (Lipinski definition) is 2. The smallest absolute Gasteiger partial charge is 0.123 e. The summed E-state index contributed by atoms with van der Waals surface area (Å²) in [6.45, 7) is 0. The van der Waals surface area contributed by atoms with Crippen molar-refractivity contribution in [2.45, 2.75) is 25.3 Å². The van der Waals surface area contributed by atoms with Gasteiger partial charge in [-0.1, -0.05) is 0 Å². The molecule has 1 aromatic heterocycles. The van der Waals surface area contributed by atoms with E-state index in [-0.39, 0.29) is 0 Å². The highest BCUT2D eigenvalue weighted by atomic mass is 15.0. The lowest BCUT2D eigenvalue weighted by Gasteiger charge is -2.15. The zero-order chi connectivity index (χ0) is 9.54. The second-order valence-corrected chi connectivity index (χ2v) is 4.54. The summed E-state index contributed by atoms with van der Waals surface area (Å²) in [4.78, 5) is 4.07. The Balaban J connectivity index is 1.64. The molecule has 0 bridgehead atoms. The van der Waals surface area contributed by atoms with E-state index in [1.807, 2.05) is 18.3 Å². The van der Waals surface area contributed by atoms with E-state index in [2.05, 4.69) is 10.3 Å². The topological polar surface area (TPSA) is 50.9 Å². The lowest BCUT2D eigenvalue weighted by Crippen LogP contribution is -2.16. The number of hydrogen-bond acceptors (Lipinski definition) is 3. The molecule has 1 aromatic rings. The zero-order valence-electron chi connectivity index (χ0n) is 8.11. The largest absolute Gasteiger partial charge is 0.384 e. The van der Waals surface area contributed by atoms with Gasteiger partial charge in [-0.3, -0.25) is 0 Å². The average Bonchev–Trinajstić information content (AvgIpc) is 2.79. The fourth-order valence-corrected chi connectivity index (χ4v) is 2.56. The molecule has 2 atom stereocenters. The molecule has 0 amide bonds. The van der Waals surface area contributed by atoms with Crippen LogP contribution in [0, 0.1) is 11.8 Å². The molecular formula is C11H15N3. The van der Waals surface area contributed by atoms with E-state index >= 15 is 0 Å². The number of anilines is 2. The van der Waals surface area contributed by atoms with Crippen LogP contribution in [0.2, 0.25) is 0 Å². The summed E-state index contributed by atoms with van der Waals surface area (Å²) in [5.74, 6) is 2.63. The molecule has 2 fully saturated rings. The van der Waals surface area contributed by atoms with Crippen molar-refractivity contribution < 1.29 is 0 Å². The third-order valence-electron chi connectivity index (χ3n) is 3.40. The standard InChI is InChI=1S/C11H15N3/c12-11-2-1-9(6-13-11)14-10-4-7-3-8(7)5-10/h1-2,6-8,10,14H,3-5H2,(H2,12,13). The van der Waals surface area contributed by atoms with Crippen molar-refractivity contribution in [1.82, 2.24) is 4.98 Å². The van der Waals surface area contributed by atoms with Crippen molar-refractivity contribution in [1.29, 1.82) is 0 Å². The van der Waals surface area contributed by atoms with E-state index in [9.17, 15) is 0 Å². The lowest BCUT2D eigenvalue weighted by atomic mass is 10.1. The fourth-order valence-electron chi connectivity index (χ4n) is 2.56. The maximum absolute atomic E-state index is 5.53. The van der Waals surface area contributed by atoms with E-state index in [1.165, 1.54) is 19.3 Å². The molecule has 2 saturated carbocycles. The molecule has 2 aliphatic carbocycles. The molecule has 3 rings (SSSR count). The maximum Gasteiger partial charge on any atom is 0.123 e. The minimum Gasteiger partial charge on any atom is -0.384 e. The van der Waals surface area contributed by atoms with Crippen LogP contribution < -0.4 is 11.1 Å². The van der Waals surface area contributed by atoms with Crippen LogP contribution in [0.15, 0.2) is 18.3 Å². The first-order chi connectivity index (χ1) is 6.81. The summed E-state index contributed by atoms with van der Waals surface area (Å²) in [5.41, 5.74) is 6.63. The van der Waals surface area contributed by atoms with Crippen LogP contribution in [-0.2, 0) is 0 Å². The first-order valence-electron chi connectivity index (χ1n) is 5.29. The monoisotopic (exact) mass is 189 g/mol. The molecule has 3 nitrogen and oxygen atoms in total. The average molecular weight is 189 g/mol. The molecule has 0 radical (unpaired) electrons. The Morgan fingerprint density at radius 3 is 2.64 bits per heavy atom. The first-order valence-corrected chi connectivity index (χ1v) is 5.29. The number of nitrogens with two attached hydrogens (primary N) is 1. The van der Waals surface area contributed by atoms with E-state index in [4.69, 9.17) is 5.73 Å². The lowest BCUT2D eigenvalue weighted by molar-refractivity contribution is 0.651. The Morgan fingerprint density at radius 2 is 2.00 bits per heavy atom. The van der Waals surface area contributed by atoms with E-state index in [0.717, 1.165) is 17.5 Å². The van der Waals surface area contributed by atoms with Crippen molar-refractivity contribution in [2.24, 2.45) is 11.8 Å². The van der Waals surface area contributed by atoms with Gasteiger partial charge in [0, 0.05) is 6.04 Å². The molecular weight excluding hydrogens is 174 g/mol. The summed E-state index contributed by atoms with van der Waals surface area (Å²) in [7, 11) is 0. The second-order valence-electron chi connectivity index (χ2n) is 4.54. The van der Waals surface area contributed by atoms with Crippen LogP contribution >= 0.6 is 0 Å². The highest BCUT2D eigenvalue weighted by molar-refractivity contribution is 5.46. The molecule has 0 aromatic carbocycles. The predicted octanol–water partition coefficient (Wildman–Crippen LogP) is 1.87. The normalized spacial score (nSPS) is 33.9. The number of rotatable bonds is 2. The molecule has 2 unspecified atom stereocenters. The molecule has 74 valence electrons. The van der Waals surface area contributed by atoms with E-state index in [1.54, 1.807) is 0 Å². The molecule has 0 saturated heterocycles. The van der Waals surface area contributed by atoms with Gasteiger partial charge < -0.3 is 11.1 Å². The molecule has 0 spiro atoms. The molecule has 0 aliphatic heterocycles. The highest BCUT2D eigenvalue weighted by Gasteiger charge is 2.45. The zero-order valence-corrected chi connectivity index (χ0v) is 8.11. The Morgan fingerprint density at radius 1 is 1.21 bits per heavy atom. The third kappa shape index (κ3) is 1.43. The summed E-state index contributed by atoms with van der Waals surface area (Å²) < 4.78 is 0. The van der Waals surface area contributed by atoms with Gasteiger partial charge in [-0.15, -0.1) is 0 Å². The number of pyridine rings is 1. The van der Waals surface area contributed by atoms with E-state index in [0.29, 0.717) is 11.9 Å². The van der Waals surface area contributed by atoms with Crippen molar-refractivity contribution in [2.75, 3.05) is 11.1 Å². The minimum absolute atomic E-state index is 0.588. The summed E-state index contributed by atoms with van der Waals surface area (Å²) in [6, 6.07) is 4.52. The number of nitrogen functional groups attached to an aromatic ring is 1. The number of nitrogens with zero attached hydrogens (tertiary/aromatic N) is 1. The van der Waals surface area contributed by atoms with Gasteiger partial charge in [0.1, 0.15) is 5.82 Å². The molecule has 2 aliphatic rings. The van der Waals surface area contributed by atoms with Gasteiger partial charge in [0.25, 0.3) is 0 Å². The van der Waals surface area contributed by atoms with Gasteiger partial charge in [-0.05, 0) is 43.2 Å². The van der Waals surface area contributed by atoms with Gasteiger partial charge in [0.05, 0.1) is 11.9 Å². The SMILES string of the molecule is Nc1ccc(NC2CC3CC3C2)cn1. The van der Waals surface area contributed by atoms with Crippen molar-refractivity contribution in [3.63, 3.8) is 0 Å². The summed E-state index contributed by atoms with van der Waals surface area (Å²) in [6.07, 6.45) is 5.97. The first kappa shape index (κ1) is 8.09. The molecule has 3 heteroatoms. The molecule has 3 N–H and O–H groups in total. The Kier molecular flexibility index (Phi) is 1.66. The van der Waals surface area contributed by atoms with Gasteiger partial charge in [0.2, 0.25) is 0 Å². The Labute approximate surface area is 83.7 Å². The second kappa shape index (κ2) is 2.87. The van der Waals surface area contributed by atoms with Crippen LogP contribution in [0.3, 0.4) is 0 Å². The van der Waals surface area contributed by atoms with Crippen LogP contribution in [0.5, 0.6) is 0 Å². The van der Waals surface area contributed by atoms with Crippen LogP contribution in [0.25, 0.3) is 0 Å². The van der Waals surface area contributed by atoms with Gasteiger partial charge in [-0.25, -0.2) is 4.98 Å². The number of nitrogens with one attached hydrogen (secondary N) is 1. The van der Waals surface area contributed by atoms with Crippen LogP contribution in [-0.4, -0.2) is 11.0 Å². The maximum atomic E-state index is 5.53. The predicted molar refractivity (Wildman–Crippen MR) is 56.9 cm³/mol. The van der Waals surface area contributed by atoms with Crippen molar-refractivity contribution in [3.8, 4) is 0 Å². The van der Waals surface area contributed by atoms with Gasteiger partial charge in [-0.2, -0.15) is 0 Å². The van der Waals surface area contributed by atoms with Crippen LogP contribution in [0.4, 0.5) is 11.5 Å².